The van der Waals surface area contributed by atoms with Gasteiger partial charge in [-0.3, -0.25) is 0 Å². The van der Waals surface area contributed by atoms with Gasteiger partial charge in [-0.25, -0.2) is 0 Å². The van der Waals surface area contributed by atoms with Gasteiger partial charge in [-0.2, -0.15) is 0 Å². The molecule has 5 aromatic carbocycles. The number of para-hydroxylation sites is 4. The molecule has 0 spiro atoms. The van der Waals surface area contributed by atoms with Crippen LogP contribution in [0, 0.1) is 0 Å². The highest BCUT2D eigenvalue weighted by Gasteiger charge is 2.18. The fraction of sp³-hybridized carbons (Fsp3) is 0. The van der Waals surface area contributed by atoms with Crippen LogP contribution in [0.15, 0.2) is 121 Å². The molecule has 0 aliphatic carbocycles. The van der Waals surface area contributed by atoms with Gasteiger partial charge < -0.3 is 20.9 Å². The summed E-state index contributed by atoms with van der Waals surface area (Å²) in [6.45, 7) is 0. The van der Waals surface area contributed by atoms with Crippen molar-refractivity contribution in [3.05, 3.63) is 121 Å². The first-order chi connectivity index (χ1) is 16.8. The van der Waals surface area contributed by atoms with Gasteiger partial charge in [-0.15, -0.1) is 0 Å². The van der Waals surface area contributed by atoms with E-state index in [0.717, 1.165) is 50.5 Å². The summed E-state index contributed by atoms with van der Waals surface area (Å²) in [6, 6.07) is 41.5. The molecule has 4 N–H and O–H groups in total. The molecule has 0 aliphatic heterocycles. The Hall–Kier alpha value is -4.70. The second-order valence-corrected chi connectivity index (χ2v) is 8.24. The number of anilines is 6. The van der Waals surface area contributed by atoms with Gasteiger partial charge in [0, 0.05) is 33.4 Å². The third-order valence-corrected chi connectivity index (χ3v) is 5.94. The molecule has 0 fully saturated rings. The van der Waals surface area contributed by atoms with Crippen LogP contribution in [0.2, 0.25) is 0 Å². The van der Waals surface area contributed by atoms with Crippen LogP contribution in [0.5, 0.6) is 0 Å². The van der Waals surface area contributed by atoms with Crippen molar-refractivity contribution >= 4 is 55.9 Å². The van der Waals surface area contributed by atoms with E-state index in [2.05, 4.69) is 87.7 Å². The Bertz CT molecular complexity index is 1560. The van der Waals surface area contributed by atoms with Gasteiger partial charge in [-0.05, 0) is 48.5 Å². The average molecular weight is 441 g/mol. The van der Waals surface area contributed by atoms with Gasteiger partial charge in [0.05, 0.1) is 22.6 Å². The summed E-state index contributed by atoms with van der Waals surface area (Å²) < 4.78 is 0. The zero-order chi connectivity index (χ0) is 22.7. The fourth-order valence-corrected chi connectivity index (χ4v) is 4.35. The van der Waals surface area contributed by atoms with Gasteiger partial charge in [0.2, 0.25) is 0 Å². The summed E-state index contributed by atoms with van der Waals surface area (Å²) >= 11 is 0. The van der Waals surface area contributed by atoms with E-state index >= 15 is 0 Å². The Morgan fingerprint density at radius 1 is 0.441 bits per heavy atom. The highest BCUT2D eigenvalue weighted by Crippen LogP contribution is 2.44. The standard InChI is InChI=1S/C30H24N4/c1-4-12-21(13-5-1)31-27-20-25-24-18-10-11-19-26(24)34-28(25)30(33-23-16-8-3-9-17-23)29(27)32-22-14-6-2-7-15-22/h1-20,31-34H. The minimum atomic E-state index is 0.970. The lowest BCUT2D eigenvalue weighted by Gasteiger charge is -2.20. The molecule has 0 radical (unpaired) electrons. The van der Waals surface area contributed by atoms with Crippen molar-refractivity contribution in [1.82, 2.24) is 4.98 Å². The second-order valence-electron chi connectivity index (χ2n) is 8.24. The van der Waals surface area contributed by atoms with Gasteiger partial charge in [0.25, 0.3) is 0 Å². The monoisotopic (exact) mass is 440 g/mol. The number of hydrogen-bond donors (Lipinski definition) is 4. The number of fused-ring (bicyclic) bond motifs is 3. The molecule has 0 unspecified atom stereocenters. The van der Waals surface area contributed by atoms with Gasteiger partial charge in [-0.1, -0.05) is 72.8 Å². The Labute approximate surface area is 198 Å². The number of hydrogen-bond acceptors (Lipinski definition) is 3. The Kier molecular flexibility index (Phi) is 5.09. The molecule has 0 aliphatic rings. The Morgan fingerprint density at radius 3 is 1.56 bits per heavy atom. The number of benzene rings is 5. The van der Waals surface area contributed by atoms with E-state index in [1.807, 2.05) is 54.6 Å². The van der Waals surface area contributed by atoms with Crippen molar-refractivity contribution in [2.24, 2.45) is 0 Å². The van der Waals surface area contributed by atoms with Crippen LogP contribution < -0.4 is 16.0 Å². The first-order valence-corrected chi connectivity index (χ1v) is 11.4. The van der Waals surface area contributed by atoms with Crippen molar-refractivity contribution in [1.29, 1.82) is 0 Å². The maximum absolute atomic E-state index is 3.69. The summed E-state index contributed by atoms with van der Waals surface area (Å²) in [5.41, 5.74) is 8.19. The van der Waals surface area contributed by atoms with Gasteiger partial charge >= 0.3 is 0 Å². The molecule has 34 heavy (non-hydrogen) atoms. The van der Waals surface area contributed by atoms with E-state index in [9.17, 15) is 0 Å². The normalized spacial score (nSPS) is 10.9. The van der Waals surface area contributed by atoms with Crippen molar-refractivity contribution < 1.29 is 0 Å². The van der Waals surface area contributed by atoms with Crippen LogP contribution in [0.1, 0.15) is 0 Å². The first-order valence-electron chi connectivity index (χ1n) is 11.4. The highest BCUT2D eigenvalue weighted by molar-refractivity contribution is 6.17. The molecule has 4 heteroatoms. The van der Waals surface area contributed by atoms with E-state index in [4.69, 9.17) is 0 Å². The molecule has 0 saturated carbocycles. The zero-order valence-corrected chi connectivity index (χ0v) is 18.5. The van der Waals surface area contributed by atoms with E-state index in [1.54, 1.807) is 0 Å². The molecular formula is C30H24N4. The topological polar surface area (TPSA) is 51.9 Å². The van der Waals surface area contributed by atoms with E-state index in [-0.39, 0.29) is 0 Å². The molecule has 0 bridgehead atoms. The number of H-pyrrole nitrogens is 1. The SMILES string of the molecule is c1ccc(Nc2cc3c([nH]c4ccccc43)c(Nc3ccccc3)c2Nc2ccccc2)cc1. The van der Waals surface area contributed by atoms with Crippen LogP contribution in [0.25, 0.3) is 21.8 Å². The van der Waals surface area contributed by atoms with Crippen LogP contribution >= 0.6 is 0 Å². The lowest BCUT2D eigenvalue weighted by atomic mass is 10.1. The number of aromatic amines is 1. The molecule has 1 aromatic heterocycles. The molecule has 0 atom stereocenters. The van der Waals surface area contributed by atoms with Crippen molar-refractivity contribution in [2.45, 2.75) is 0 Å². The van der Waals surface area contributed by atoms with E-state index in [0.29, 0.717) is 0 Å². The molecule has 164 valence electrons. The van der Waals surface area contributed by atoms with Crippen LogP contribution in [-0.4, -0.2) is 4.98 Å². The van der Waals surface area contributed by atoms with E-state index in [1.165, 1.54) is 5.39 Å². The smallest absolute Gasteiger partial charge is 0.0890 e. The number of nitrogens with one attached hydrogen (secondary N) is 4. The van der Waals surface area contributed by atoms with Crippen molar-refractivity contribution in [3.8, 4) is 0 Å². The minimum absolute atomic E-state index is 0.970. The molecule has 1 heterocycles. The Balaban J connectivity index is 1.62. The van der Waals surface area contributed by atoms with Crippen LogP contribution in [-0.2, 0) is 0 Å². The summed E-state index contributed by atoms with van der Waals surface area (Å²) in [7, 11) is 0. The molecular weight excluding hydrogens is 416 g/mol. The maximum atomic E-state index is 3.69. The molecule has 6 aromatic rings. The predicted octanol–water partition coefficient (Wildman–Crippen LogP) is 8.55. The molecule has 0 saturated heterocycles. The van der Waals surface area contributed by atoms with Gasteiger partial charge in [0.1, 0.15) is 0 Å². The second kappa shape index (κ2) is 8.68. The molecule has 0 amide bonds. The van der Waals surface area contributed by atoms with Crippen molar-refractivity contribution in [3.63, 3.8) is 0 Å². The first kappa shape index (κ1) is 19.9. The lowest BCUT2D eigenvalue weighted by Crippen LogP contribution is -2.03. The van der Waals surface area contributed by atoms with Gasteiger partial charge in [0.15, 0.2) is 0 Å². The minimum Gasteiger partial charge on any atom is -0.354 e. The summed E-state index contributed by atoms with van der Waals surface area (Å²) in [4.78, 5) is 3.65. The predicted molar refractivity (Wildman–Crippen MR) is 145 cm³/mol. The van der Waals surface area contributed by atoms with Crippen molar-refractivity contribution in [2.75, 3.05) is 16.0 Å². The third-order valence-electron chi connectivity index (χ3n) is 5.94. The lowest BCUT2D eigenvalue weighted by molar-refractivity contribution is 1.47. The Morgan fingerprint density at radius 2 is 0.941 bits per heavy atom. The molecule has 4 nitrogen and oxygen atoms in total. The fourth-order valence-electron chi connectivity index (χ4n) is 4.35. The quantitative estimate of drug-likeness (QED) is 0.210. The summed E-state index contributed by atoms with van der Waals surface area (Å²) in [5, 5.41) is 13.4. The van der Waals surface area contributed by atoms with E-state index < -0.39 is 0 Å². The third kappa shape index (κ3) is 3.82. The highest BCUT2D eigenvalue weighted by atomic mass is 15.0. The summed E-state index contributed by atoms with van der Waals surface area (Å²) in [6.07, 6.45) is 0. The number of rotatable bonds is 6. The molecule has 6 rings (SSSR count). The maximum Gasteiger partial charge on any atom is 0.0890 e. The average Bonchev–Trinajstić information content (AvgIpc) is 3.26. The number of aromatic nitrogens is 1. The zero-order valence-electron chi connectivity index (χ0n) is 18.5. The largest absolute Gasteiger partial charge is 0.354 e. The summed E-state index contributed by atoms with van der Waals surface area (Å²) in [5.74, 6) is 0. The van der Waals surface area contributed by atoms with Crippen LogP contribution in [0.4, 0.5) is 34.1 Å². The van der Waals surface area contributed by atoms with Crippen LogP contribution in [0.3, 0.4) is 0 Å².